The molecule has 15 heavy (non-hydrogen) atoms. The van der Waals surface area contributed by atoms with E-state index < -0.39 is 0 Å². The maximum absolute atomic E-state index is 12.0. The highest BCUT2D eigenvalue weighted by atomic mass is 16.5. The number of ether oxygens (including phenoxy) is 1. The molecule has 0 aromatic rings. The first kappa shape index (κ1) is 12.5. The van der Waals surface area contributed by atoms with Crippen LogP contribution in [0.4, 0.5) is 0 Å². The largest absolute Gasteiger partial charge is 0.376 e. The molecule has 4 atom stereocenters. The van der Waals surface area contributed by atoms with Gasteiger partial charge in [-0.1, -0.05) is 6.92 Å². The predicted molar refractivity (Wildman–Crippen MR) is 59.4 cm³/mol. The molecule has 1 saturated heterocycles. The zero-order valence-electron chi connectivity index (χ0n) is 10.1. The van der Waals surface area contributed by atoms with E-state index in [-0.39, 0.29) is 30.0 Å². The zero-order valence-corrected chi connectivity index (χ0v) is 10.1. The van der Waals surface area contributed by atoms with Crippen LogP contribution in [0.25, 0.3) is 0 Å². The fraction of sp³-hybridized carbons (Fsp3) is 0.909. The number of nitrogens with two attached hydrogens (primary N) is 1. The molecule has 0 aromatic carbocycles. The predicted octanol–water partition coefficient (Wildman–Crippen LogP) is 0.605. The van der Waals surface area contributed by atoms with Gasteiger partial charge in [-0.2, -0.15) is 0 Å². The van der Waals surface area contributed by atoms with Crippen molar-refractivity contribution in [2.24, 2.45) is 11.7 Å². The van der Waals surface area contributed by atoms with Crippen LogP contribution in [0, 0.1) is 5.92 Å². The third-order valence-corrected chi connectivity index (χ3v) is 3.36. The highest BCUT2D eigenvalue weighted by Crippen LogP contribution is 2.20. The second-order valence-electron chi connectivity index (χ2n) is 4.53. The number of rotatable bonds is 3. The minimum absolute atomic E-state index is 0.0995. The monoisotopic (exact) mass is 214 g/mol. The van der Waals surface area contributed by atoms with Crippen molar-refractivity contribution in [2.45, 2.75) is 45.4 Å². The Labute approximate surface area is 91.8 Å². The summed E-state index contributed by atoms with van der Waals surface area (Å²) < 4.78 is 5.45. The first-order valence-corrected chi connectivity index (χ1v) is 5.59. The highest BCUT2D eigenvalue weighted by molar-refractivity contribution is 5.79. The van der Waals surface area contributed by atoms with Crippen molar-refractivity contribution in [3.8, 4) is 0 Å². The third-order valence-electron chi connectivity index (χ3n) is 3.36. The molecule has 0 radical (unpaired) electrons. The van der Waals surface area contributed by atoms with Crippen LogP contribution in [0.15, 0.2) is 0 Å². The van der Waals surface area contributed by atoms with E-state index in [9.17, 15) is 4.79 Å². The van der Waals surface area contributed by atoms with E-state index in [4.69, 9.17) is 10.5 Å². The molecule has 1 heterocycles. The van der Waals surface area contributed by atoms with E-state index in [0.717, 1.165) is 13.0 Å². The number of likely N-dealkylation sites (N-methyl/N-ethyl adjacent to an activating group) is 1. The van der Waals surface area contributed by atoms with Gasteiger partial charge in [-0.3, -0.25) is 4.79 Å². The molecular weight excluding hydrogens is 192 g/mol. The van der Waals surface area contributed by atoms with Crippen molar-refractivity contribution in [2.75, 3.05) is 13.7 Å². The lowest BCUT2D eigenvalue weighted by atomic mass is 10.0. The molecule has 4 heteroatoms. The van der Waals surface area contributed by atoms with Crippen molar-refractivity contribution in [1.29, 1.82) is 0 Å². The number of amides is 1. The van der Waals surface area contributed by atoms with Crippen LogP contribution >= 0.6 is 0 Å². The Bertz CT molecular complexity index is 231. The van der Waals surface area contributed by atoms with Gasteiger partial charge in [-0.05, 0) is 20.3 Å². The van der Waals surface area contributed by atoms with E-state index in [2.05, 4.69) is 0 Å². The minimum atomic E-state index is -0.122. The Kier molecular flexibility index (Phi) is 4.11. The van der Waals surface area contributed by atoms with Gasteiger partial charge in [0.05, 0.1) is 18.1 Å². The topological polar surface area (TPSA) is 55.6 Å². The number of hydrogen-bond donors (Lipinski definition) is 1. The molecule has 1 aliphatic heterocycles. The fourth-order valence-corrected chi connectivity index (χ4v) is 1.94. The fourth-order valence-electron chi connectivity index (χ4n) is 1.94. The van der Waals surface area contributed by atoms with Gasteiger partial charge < -0.3 is 15.4 Å². The van der Waals surface area contributed by atoms with Gasteiger partial charge in [0.25, 0.3) is 0 Å². The summed E-state index contributed by atoms with van der Waals surface area (Å²) in [6.07, 6.45) is 1.06. The van der Waals surface area contributed by atoms with Crippen LogP contribution < -0.4 is 5.73 Å². The summed E-state index contributed by atoms with van der Waals surface area (Å²) in [5, 5.41) is 0. The minimum Gasteiger partial charge on any atom is -0.376 e. The molecular formula is C11H22N2O2. The standard InChI is InChI=1S/C11H22N2O2/c1-7(8(2)12)11(14)13(4)10-5-6-15-9(10)3/h7-10H,5-6,12H2,1-4H3. The lowest BCUT2D eigenvalue weighted by molar-refractivity contribution is -0.137. The van der Waals surface area contributed by atoms with Gasteiger partial charge >= 0.3 is 0 Å². The summed E-state index contributed by atoms with van der Waals surface area (Å²) in [6, 6.07) is 0.108. The molecule has 1 aliphatic rings. The van der Waals surface area contributed by atoms with Crippen molar-refractivity contribution >= 4 is 5.91 Å². The molecule has 0 saturated carbocycles. The smallest absolute Gasteiger partial charge is 0.227 e. The second kappa shape index (κ2) is 4.94. The highest BCUT2D eigenvalue weighted by Gasteiger charge is 2.32. The van der Waals surface area contributed by atoms with Crippen LogP contribution in [0.3, 0.4) is 0 Å². The van der Waals surface area contributed by atoms with Crippen molar-refractivity contribution < 1.29 is 9.53 Å². The van der Waals surface area contributed by atoms with Crippen LogP contribution in [0.5, 0.6) is 0 Å². The molecule has 4 unspecified atom stereocenters. The molecule has 1 fully saturated rings. The van der Waals surface area contributed by atoms with E-state index in [1.807, 2.05) is 27.8 Å². The lowest BCUT2D eigenvalue weighted by Gasteiger charge is -2.30. The summed E-state index contributed by atoms with van der Waals surface area (Å²) >= 11 is 0. The van der Waals surface area contributed by atoms with Gasteiger partial charge in [0.15, 0.2) is 0 Å². The van der Waals surface area contributed by atoms with Crippen molar-refractivity contribution in [3.05, 3.63) is 0 Å². The molecule has 0 aliphatic carbocycles. The van der Waals surface area contributed by atoms with Crippen LogP contribution in [-0.2, 0) is 9.53 Å². The van der Waals surface area contributed by atoms with Crippen LogP contribution in [0.2, 0.25) is 0 Å². The Morgan fingerprint density at radius 1 is 1.53 bits per heavy atom. The summed E-state index contributed by atoms with van der Waals surface area (Å²) in [7, 11) is 1.84. The van der Waals surface area contributed by atoms with Gasteiger partial charge in [-0.25, -0.2) is 0 Å². The number of hydrogen-bond acceptors (Lipinski definition) is 3. The summed E-state index contributed by atoms with van der Waals surface area (Å²) in [6.45, 7) is 6.50. The average molecular weight is 214 g/mol. The molecule has 0 spiro atoms. The first-order valence-electron chi connectivity index (χ1n) is 5.59. The average Bonchev–Trinajstić information content (AvgIpc) is 2.60. The van der Waals surface area contributed by atoms with E-state index >= 15 is 0 Å². The maximum Gasteiger partial charge on any atom is 0.227 e. The quantitative estimate of drug-likeness (QED) is 0.748. The van der Waals surface area contributed by atoms with Crippen LogP contribution in [0.1, 0.15) is 27.2 Å². The van der Waals surface area contributed by atoms with Crippen molar-refractivity contribution in [3.63, 3.8) is 0 Å². The van der Waals surface area contributed by atoms with Gasteiger partial charge in [0.2, 0.25) is 5.91 Å². The summed E-state index contributed by atoms with van der Waals surface area (Å²) in [5.41, 5.74) is 5.73. The SMILES string of the molecule is CC(N)C(C)C(=O)N(C)C1CCOC1C. The van der Waals surface area contributed by atoms with E-state index in [1.165, 1.54) is 0 Å². The molecule has 2 N–H and O–H groups in total. The first-order chi connectivity index (χ1) is 6.95. The van der Waals surface area contributed by atoms with E-state index in [1.54, 1.807) is 4.90 Å². The molecule has 0 aromatic heterocycles. The molecule has 4 nitrogen and oxygen atoms in total. The Morgan fingerprint density at radius 3 is 2.53 bits per heavy atom. The number of nitrogens with zero attached hydrogens (tertiary/aromatic N) is 1. The summed E-state index contributed by atoms with van der Waals surface area (Å²) in [4.78, 5) is 13.8. The summed E-state index contributed by atoms with van der Waals surface area (Å²) in [5.74, 6) is -0.00449. The maximum atomic E-state index is 12.0. The second-order valence-corrected chi connectivity index (χ2v) is 4.53. The third kappa shape index (κ3) is 2.69. The van der Waals surface area contributed by atoms with Gasteiger partial charge in [0.1, 0.15) is 0 Å². The Balaban J connectivity index is 2.59. The zero-order chi connectivity index (χ0) is 11.6. The molecule has 1 amide bonds. The van der Waals surface area contributed by atoms with E-state index in [0.29, 0.717) is 0 Å². The van der Waals surface area contributed by atoms with Crippen molar-refractivity contribution in [1.82, 2.24) is 4.90 Å². The normalized spacial score (nSPS) is 29.9. The van der Waals surface area contributed by atoms with Gasteiger partial charge in [-0.15, -0.1) is 0 Å². The van der Waals surface area contributed by atoms with Gasteiger partial charge in [0, 0.05) is 19.7 Å². The van der Waals surface area contributed by atoms with Crippen LogP contribution in [-0.4, -0.2) is 42.6 Å². The molecule has 0 bridgehead atoms. The molecule has 1 rings (SSSR count). The number of carbonyl (C=O) groups excluding carboxylic acids is 1. The Morgan fingerprint density at radius 2 is 2.13 bits per heavy atom. The Hall–Kier alpha value is -0.610. The molecule has 88 valence electrons. The number of carbonyl (C=O) groups is 1. The lowest BCUT2D eigenvalue weighted by Crippen LogP contribution is -2.46.